The fraction of sp³-hybridized carbons (Fsp3) is 0.500. The first-order valence-corrected chi connectivity index (χ1v) is 5.22. The Balaban J connectivity index is 2.15. The van der Waals surface area contributed by atoms with Crippen LogP contribution in [0.2, 0.25) is 0 Å². The lowest BCUT2D eigenvalue weighted by atomic mass is 9.99. The third kappa shape index (κ3) is 2.07. The van der Waals surface area contributed by atoms with E-state index in [-0.39, 0.29) is 6.04 Å². The minimum Gasteiger partial charge on any atom is -0.508 e. The Bertz CT molecular complexity index is 331. The minimum absolute atomic E-state index is 0.00222. The highest BCUT2D eigenvalue weighted by molar-refractivity contribution is 5.37. The number of rotatable bonds is 3. The van der Waals surface area contributed by atoms with E-state index in [1.165, 1.54) is 12.8 Å². The van der Waals surface area contributed by atoms with E-state index < -0.39 is 0 Å². The van der Waals surface area contributed by atoms with Gasteiger partial charge in [-0.2, -0.15) is 0 Å². The number of aromatic hydroxyl groups is 1. The van der Waals surface area contributed by atoms with Crippen LogP contribution in [0.15, 0.2) is 18.2 Å². The first-order valence-electron chi connectivity index (χ1n) is 5.22. The summed E-state index contributed by atoms with van der Waals surface area (Å²) in [6, 6.07) is 5.63. The Morgan fingerprint density at radius 2 is 2.21 bits per heavy atom. The van der Waals surface area contributed by atoms with Crippen LogP contribution in [-0.2, 0) is 0 Å². The number of hydrogen-bond acceptors (Lipinski definition) is 2. The summed E-state index contributed by atoms with van der Waals surface area (Å²) in [5.74, 6) is 1.13. The zero-order chi connectivity index (χ0) is 10.1. The highest BCUT2D eigenvalue weighted by Gasteiger charge is 2.25. The largest absolute Gasteiger partial charge is 0.508 e. The van der Waals surface area contributed by atoms with Crippen LogP contribution in [0.4, 0.5) is 0 Å². The van der Waals surface area contributed by atoms with Gasteiger partial charge < -0.3 is 10.8 Å². The summed E-state index contributed by atoms with van der Waals surface area (Å²) < 4.78 is 0. The molecule has 0 aliphatic heterocycles. The van der Waals surface area contributed by atoms with Gasteiger partial charge in [-0.3, -0.25) is 0 Å². The summed E-state index contributed by atoms with van der Waals surface area (Å²) in [4.78, 5) is 0. The van der Waals surface area contributed by atoms with Crippen LogP contribution < -0.4 is 5.73 Å². The number of aryl methyl sites for hydroxylation is 1. The average molecular weight is 191 g/mol. The molecule has 1 aromatic carbocycles. The van der Waals surface area contributed by atoms with Gasteiger partial charge in [-0.25, -0.2) is 0 Å². The molecule has 1 aliphatic carbocycles. The molecule has 1 saturated carbocycles. The molecule has 1 fully saturated rings. The fourth-order valence-electron chi connectivity index (χ4n) is 1.81. The molecule has 76 valence electrons. The molecule has 0 saturated heterocycles. The van der Waals surface area contributed by atoms with E-state index in [1.807, 2.05) is 19.1 Å². The second-order valence-electron chi connectivity index (χ2n) is 4.35. The lowest BCUT2D eigenvalue weighted by Gasteiger charge is -2.13. The van der Waals surface area contributed by atoms with Crippen molar-refractivity contribution in [2.45, 2.75) is 32.2 Å². The van der Waals surface area contributed by atoms with E-state index >= 15 is 0 Å². The molecular weight excluding hydrogens is 174 g/mol. The molecule has 14 heavy (non-hydrogen) atoms. The van der Waals surface area contributed by atoms with Crippen molar-refractivity contribution in [1.82, 2.24) is 0 Å². The van der Waals surface area contributed by atoms with E-state index in [0.29, 0.717) is 5.75 Å². The molecule has 0 heterocycles. The standard InChI is InChI=1S/C12H17NO/c1-8-2-5-12(14)10(6-8)11(13)7-9-3-4-9/h2,5-6,9,11,14H,3-4,7,13H2,1H3/t11-/m0/s1. The average Bonchev–Trinajstić information content (AvgIpc) is 2.93. The summed E-state index contributed by atoms with van der Waals surface area (Å²) >= 11 is 0. The Morgan fingerprint density at radius 1 is 1.50 bits per heavy atom. The van der Waals surface area contributed by atoms with Gasteiger partial charge in [0.15, 0.2) is 0 Å². The van der Waals surface area contributed by atoms with Crippen LogP contribution >= 0.6 is 0 Å². The zero-order valence-electron chi connectivity index (χ0n) is 8.53. The number of nitrogens with two attached hydrogens (primary N) is 1. The summed E-state index contributed by atoms with van der Waals surface area (Å²) in [7, 11) is 0. The molecule has 0 radical (unpaired) electrons. The first kappa shape index (κ1) is 9.53. The molecule has 2 nitrogen and oxygen atoms in total. The summed E-state index contributed by atoms with van der Waals surface area (Å²) in [6.07, 6.45) is 3.62. The molecular formula is C12H17NO. The summed E-state index contributed by atoms with van der Waals surface area (Å²) in [5, 5.41) is 9.66. The number of benzene rings is 1. The van der Waals surface area contributed by atoms with Crippen LogP contribution in [-0.4, -0.2) is 5.11 Å². The van der Waals surface area contributed by atoms with Gasteiger partial charge in [-0.15, -0.1) is 0 Å². The second kappa shape index (κ2) is 3.62. The van der Waals surface area contributed by atoms with Crippen molar-refractivity contribution >= 4 is 0 Å². The molecule has 0 unspecified atom stereocenters. The lowest BCUT2D eigenvalue weighted by Crippen LogP contribution is -2.11. The molecule has 0 amide bonds. The van der Waals surface area contributed by atoms with Crippen molar-refractivity contribution in [3.05, 3.63) is 29.3 Å². The van der Waals surface area contributed by atoms with Crippen molar-refractivity contribution in [2.75, 3.05) is 0 Å². The fourth-order valence-corrected chi connectivity index (χ4v) is 1.81. The maximum absolute atomic E-state index is 9.66. The molecule has 0 aromatic heterocycles. The van der Waals surface area contributed by atoms with Gasteiger partial charge in [0.1, 0.15) is 5.75 Å². The Labute approximate surface area is 84.7 Å². The zero-order valence-corrected chi connectivity index (χ0v) is 8.53. The van der Waals surface area contributed by atoms with Gasteiger partial charge in [0.05, 0.1) is 0 Å². The van der Waals surface area contributed by atoms with Crippen LogP contribution in [0.25, 0.3) is 0 Å². The molecule has 3 N–H and O–H groups in total. The predicted octanol–water partition coefficient (Wildman–Crippen LogP) is 2.50. The van der Waals surface area contributed by atoms with E-state index in [1.54, 1.807) is 6.07 Å². The normalized spacial score (nSPS) is 18.1. The molecule has 0 spiro atoms. The van der Waals surface area contributed by atoms with Gasteiger partial charge in [0, 0.05) is 11.6 Å². The van der Waals surface area contributed by atoms with Gasteiger partial charge in [-0.05, 0) is 25.3 Å². The first-order chi connectivity index (χ1) is 6.66. The SMILES string of the molecule is Cc1ccc(O)c([C@@H](N)CC2CC2)c1. The van der Waals surface area contributed by atoms with Crippen molar-refractivity contribution in [3.63, 3.8) is 0 Å². The van der Waals surface area contributed by atoms with Crippen LogP contribution in [0, 0.1) is 12.8 Å². The molecule has 1 atom stereocenters. The highest BCUT2D eigenvalue weighted by Crippen LogP contribution is 2.38. The van der Waals surface area contributed by atoms with Crippen molar-refractivity contribution < 1.29 is 5.11 Å². The Hall–Kier alpha value is -1.02. The van der Waals surface area contributed by atoms with Gasteiger partial charge in [-0.1, -0.05) is 30.5 Å². The van der Waals surface area contributed by atoms with E-state index in [0.717, 1.165) is 23.5 Å². The Morgan fingerprint density at radius 3 is 2.86 bits per heavy atom. The molecule has 1 aromatic rings. The van der Waals surface area contributed by atoms with Crippen LogP contribution in [0.3, 0.4) is 0 Å². The molecule has 2 rings (SSSR count). The topological polar surface area (TPSA) is 46.2 Å². The molecule has 1 aliphatic rings. The minimum atomic E-state index is 0.00222. The van der Waals surface area contributed by atoms with Gasteiger partial charge >= 0.3 is 0 Å². The van der Waals surface area contributed by atoms with Crippen LogP contribution in [0.1, 0.15) is 36.4 Å². The quantitative estimate of drug-likeness (QED) is 0.771. The van der Waals surface area contributed by atoms with E-state index in [2.05, 4.69) is 0 Å². The number of hydrogen-bond donors (Lipinski definition) is 2. The Kier molecular flexibility index (Phi) is 2.46. The number of phenols is 1. The third-order valence-electron chi connectivity index (χ3n) is 2.87. The highest BCUT2D eigenvalue weighted by atomic mass is 16.3. The monoisotopic (exact) mass is 191 g/mol. The lowest BCUT2D eigenvalue weighted by molar-refractivity contribution is 0.455. The second-order valence-corrected chi connectivity index (χ2v) is 4.35. The maximum atomic E-state index is 9.66. The van der Waals surface area contributed by atoms with Crippen molar-refractivity contribution in [1.29, 1.82) is 0 Å². The van der Waals surface area contributed by atoms with E-state index in [4.69, 9.17) is 5.73 Å². The predicted molar refractivity (Wildman–Crippen MR) is 57.1 cm³/mol. The summed E-state index contributed by atoms with van der Waals surface area (Å²) in [5.41, 5.74) is 8.10. The number of phenolic OH excluding ortho intramolecular Hbond substituents is 1. The third-order valence-corrected chi connectivity index (χ3v) is 2.87. The molecule has 0 bridgehead atoms. The maximum Gasteiger partial charge on any atom is 0.120 e. The van der Waals surface area contributed by atoms with E-state index in [9.17, 15) is 5.11 Å². The smallest absolute Gasteiger partial charge is 0.120 e. The van der Waals surface area contributed by atoms with Crippen LogP contribution in [0.5, 0.6) is 5.75 Å². The van der Waals surface area contributed by atoms with Crippen molar-refractivity contribution in [2.24, 2.45) is 11.7 Å². The van der Waals surface area contributed by atoms with Gasteiger partial charge in [0.2, 0.25) is 0 Å². The van der Waals surface area contributed by atoms with Gasteiger partial charge in [0.25, 0.3) is 0 Å². The van der Waals surface area contributed by atoms with Crippen molar-refractivity contribution in [3.8, 4) is 5.75 Å². The summed E-state index contributed by atoms with van der Waals surface area (Å²) in [6.45, 7) is 2.02. The molecule has 2 heteroatoms.